The van der Waals surface area contributed by atoms with E-state index >= 15 is 0 Å². The molecule has 3 N–H and O–H groups in total. The number of carbonyl (C=O) groups is 1. The molecule has 1 aromatic heterocycles. The van der Waals surface area contributed by atoms with Crippen LogP contribution in [0.25, 0.3) is 0 Å². The van der Waals surface area contributed by atoms with Gasteiger partial charge in [-0.05, 0) is 78.1 Å². The molecule has 2 fully saturated rings. The molecular weight excluding hydrogens is 508 g/mol. The number of hydrogen-bond acceptors (Lipinski definition) is 9. The SMILES string of the molecule is CN(C)C(=O)N(C)c1cc(Nc2ncc(C#N)c(NC3CC4CCCN4C(C)(C)C3)n2)ccc1OC(C)(C)CO. The third kappa shape index (κ3) is 6.40. The third-order valence-corrected chi connectivity index (χ3v) is 7.72. The van der Waals surface area contributed by atoms with E-state index in [1.54, 1.807) is 53.2 Å². The van der Waals surface area contributed by atoms with Gasteiger partial charge in [-0.3, -0.25) is 9.80 Å². The smallest absolute Gasteiger partial charge is 0.323 e. The van der Waals surface area contributed by atoms with Crippen molar-refractivity contribution in [1.29, 1.82) is 5.26 Å². The van der Waals surface area contributed by atoms with Crippen LogP contribution in [0.1, 0.15) is 58.9 Å². The van der Waals surface area contributed by atoms with Gasteiger partial charge in [-0.25, -0.2) is 9.78 Å². The summed E-state index contributed by atoms with van der Waals surface area (Å²) in [6.45, 7) is 9.09. The van der Waals surface area contributed by atoms with Crippen LogP contribution in [0.2, 0.25) is 0 Å². The molecule has 2 unspecified atom stereocenters. The molecule has 2 amide bonds. The highest BCUT2D eigenvalue weighted by Crippen LogP contribution is 2.39. The Morgan fingerprint density at radius 3 is 2.75 bits per heavy atom. The third-order valence-electron chi connectivity index (χ3n) is 7.72. The molecule has 4 rings (SSSR count). The van der Waals surface area contributed by atoms with Crippen molar-refractivity contribution >= 4 is 29.2 Å². The lowest BCUT2D eigenvalue weighted by Gasteiger charge is -2.47. The van der Waals surface area contributed by atoms with Crippen LogP contribution in [0.3, 0.4) is 0 Å². The number of aromatic nitrogens is 2. The van der Waals surface area contributed by atoms with Crippen molar-refractivity contribution in [2.24, 2.45) is 0 Å². The molecule has 0 spiro atoms. The van der Waals surface area contributed by atoms with Crippen LogP contribution in [0.4, 0.5) is 27.9 Å². The molecule has 40 heavy (non-hydrogen) atoms. The first-order valence-electron chi connectivity index (χ1n) is 13.8. The zero-order valence-electron chi connectivity index (χ0n) is 24.7. The summed E-state index contributed by atoms with van der Waals surface area (Å²) < 4.78 is 6.05. The molecular formula is C29H42N8O3. The highest BCUT2D eigenvalue weighted by molar-refractivity contribution is 5.93. The van der Waals surface area contributed by atoms with E-state index in [2.05, 4.69) is 45.4 Å². The number of hydrogen-bond donors (Lipinski definition) is 3. The molecule has 2 aliphatic heterocycles. The number of nitrogens with one attached hydrogen (secondary N) is 2. The molecule has 11 heteroatoms. The van der Waals surface area contributed by atoms with Gasteiger partial charge in [-0.2, -0.15) is 10.2 Å². The summed E-state index contributed by atoms with van der Waals surface area (Å²) in [5, 5.41) is 26.2. The van der Waals surface area contributed by atoms with Gasteiger partial charge in [-0.15, -0.1) is 0 Å². The number of urea groups is 1. The van der Waals surface area contributed by atoms with Crippen LogP contribution in [0.5, 0.6) is 5.75 Å². The fourth-order valence-corrected chi connectivity index (χ4v) is 5.75. The monoisotopic (exact) mass is 550 g/mol. The molecule has 3 heterocycles. The number of anilines is 4. The first-order valence-corrected chi connectivity index (χ1v) is 13.8. The van der Waals surface area contributed by atoms with E-state index in [-0.39, 0.29) is 24.2 Å². The fraction of sp³-hybridized carbons (Fsp3) is 0.586. The number of rotatable bonds is 8. The highest BCUT2D eigenvalue weighted by atomic mass is 16.5. The molecule has 0 aliphatic carbocycles. The zero-order chi connectivity index (χ0) is 29.2. The summed E-state index contributed by atoms with van der Waals surface area (Å²) >= 11 is 0. The number of nitriles is 1. The number of nitrogens with zero attached hydrogens (tertiary/aromatic N) is 6. The maximum Gasteiger partial charge on any atom is 0.323 e. The van der Waals surface area contributed by atoms with Crippen molar-refractivity contribution in [2.75, 3.05) is 49.8 Å². The Hall–Kier alpha value is -3.62. The molecule has 0 bridgehead atoms. The zero-order valence-corrected chi connectivity index (χ0v) is 24.7. The van der Waals surface area contributed by atoms with Crippen LogP contribution in [0, 0.1) is 11.3 Å². The molecule has 216 valence electrons. The van der Waals surface area contributed by atoms with Crippen LogP contribution < -0.4 is 20.3 Å². The van der Waals surface area contributed by atoms with E-state index in [0.29, 0.717) is 40.5 Å². The Bertz CT molecular complexity index is 1270. The summed E-state index contributed by atoms with van der Waals surface area (Å²) in [7, 11) is 5.02. The number of carbonyl (C=O) groups excluding carboxylic acids is 1. The quantitative estimate of drug-likeness (QED) is 0.443. The van der Waals surface area contributed by atoms with E-state index in [0.717, 1.165) is 19.4 Å². The second-order valence-corrected chi connectivity index (χ2v) is 12.2. The van der Waals surface area contributed by atoms with Crippen molar-refractivity contribution in [3.63, 3.8) is 0 Å². The summed E-state index contributed by atoms with van der Waals surface area (Å²) in [4.78, 5) is 27.4. The Balaban J connectivity index is 1.59. The number of fused-ring (bicyclic) bond motifs is 1. The van der Waals surface area contributed by atoms with Gasteiger partial charge >= 0.3 is 6.03 Å². The minimum absolute atomic E-state index is 0.0822. The molecule has 0 radical (unpaired) electrons. The van der Waals surface area contributed by atoms with Crippen molar-refractivity contribution in [1.82, 2.24) is 19.8 Å². The molecule has 1 aromatic carbocycles. The average Bonchev–Trinajstić information content (AvgIpc) is 3.38. The van der Waals surface area contributed by atoms with Gasteiger partial charge in [0, 0.05) is 44.5 Å². The van der Waals surface area contributed by atoms with Gasteiger partial charge in [0.2, 0.25) is 5.95 Å². The first-order chi connectivity index (χ1) is 18.8. The lowest BCUT2D eigenvalue weighted by atomic mass is 9.84. The van der Waals surface area contributed by atoms with Crippen molar-refractivity contribution in [3.05, 3.63) is 30.0 Å². The minimum Gasteiger partial charge on any atom is -0.483 e. The largest absolute Gasteiger partial charge is 0.483 e. The molecule has 2 aromatic rings. The van der Waals surface area contributed by atoms with E-state index in [1.165, 1.54) is 28.8 Å². The first kappa shape index (κ1) is 29.4. The molecule has 11 nitrogen and oxygen atoms in total. The highest BCUT2D eigenvalue weighted by Gasteiger charge is 2.43. The summed E-state index contributed by atoms with van der Waals surface area (Å²) in [6.07, 6.45) is 5.93. The van der Waals surface area contributed by atoms with Crippen LogP contribution in [-0.4, -0.2) is 88.4 Å². The van der Waals surface area contributed by atoms with Crippen LogP contribution >= 0.6 is 0 Å². The van der Waals surface area contributed by atoms with Crippen molar-refractivity contribution in [2.45, 2.75) is 76.6 Å². The van der Waals surface area contributed by atoms with E-state index in [9.17, 15) is 15.2 Å². The van der Waals surface area contributed by atoms with Gasteiger partial charge in [0.15, 0.2) is 0 Å². The second-order valence-electron chi connectivity index (χ2n) is 12.2. The average molecular weight is 551 g/mol. The Morgan fingerprint density at radius 1 is 1.32 bits per heavy atom. The van der Waals surface area contributed by atoms with Crippen LogP contribution in [-0.2, 0) is 0 Å². The van der Waals surface area contributed by atoms with E-state index in [4.69, 9.17) is 4.74 Å². The molecule has 2 saturated heterocycles. The number of benzene rings is 1. The Morgan fingerprint density at radius 2 is 2.08 bits per heavy atom. The summed E-state index contributed by atoms with van der Waals surface area (Å²) in [5.74, 6) is 1.29. The topological polar surface area (TPSA) is 130 Å². The van der Waals surface area contributed by atoms with Crippen molar-refractivity contribution in [3.8, 4) is 11.8 Å². The predicted octanol–water partition coefficient (Wildman–Crippen LogP) is 4.18. The van der Waals surface area contributed by atoms with E-state index < -0.39 is 5.60 Å². The number of aliphatic hydroxyl groups is 1. The normalized spacial score (nSPS) is 20.3. The maximum absolute atomic E-state index is 12.8. The second kappa shape index (κ2) is 11.5. The van der Waals surface area contributed by atoms with Gasteiger partial charge in [0.05, 0.1) is 18.5 Å². The van der Waals surface area contributed by atoms with Gasteiger partial charge in [0.25, 0.3) is 0 Å². The Kier molecular flexibility index (Phi) is 8.42. The summed E-state index contributed by atoms with van der Waals surface area (Å²) in [6, 6.07) is 8.04. The lowest BCUT2D eigenvalue weighted by Crippen LogP contribution is -2.55. The maximum atomic E-state index is 12.8. The number of aliphatic hydroxyl groups excluding tert-OH is 1. The van der Waals surface area contributed by atoms with Crippen LogP contribution in [0.15, 0.2) is 24.4 Å². The number of ether oxygens (including phenoxy) is 1. The van der Waals surface area contributed by atoms with Gasteiger partial charge in [-0.1, -0.05) is 0 Å². The molecule has 2 atom stereocenters. The fourth-order valence-electron chi connectivity index (χ4n) is 5.75. The lowest BCUT2D eigenvalue weighted by molar-refractivity contribution is 0.0417. The standard InChI is InChI=1S/C29H42N8O3/c1-28(2)15-21(13-22-9-8-12-37(22)28)32-25-19(16-30)17-31-26(34-25)33-20-10-11-24(40-29(3,4)18-38)23(14-20)36(7)27(39)35(5)6/h10-11,14,17,21-22,38H,8-9,12-13,15,18H2,1-7H3,(H2,31,32,33,34). The minimum atomic E-state index is -0.842. The van der Waals surface area contributed by atoms with E-state index in [1.807, 2.05) is 0 Å². The summed E-state index contributed by atoms with van der Waals surface area (Å²) in [5.41, 5.74) is 0.787. The van der Waals surface area contributed by atoms with Crippen molar-refractivity contribution < 1.29 is 14.6 Å². The van der Waals surface area contributed by atoms with Gasteiger partial charge < -0.3 is 25.4 Å². The molecule has 0 saturated carbocycles. The number of amides is 2. The number of piperidine rings is 1. The van der Waals surface area contributed by atoms with Gasteiger partial charge in [0.1, 0.15) is 28.8 Å². The Labute approximate surface area is 237 Å². The molecule has 2 aliphatic rings. The predicted molar refractivity (Wildman–Crippen MR) is 156 cm³/mol.